The Bertz CT molecular complexity index is 414. The molecule has 0 spiro atoms. The van der Waals surface area contributed by atoms with Gasteiger partial charge in [0.15, 0.2) is 5.78 Å². The summed E-state index contributed by atoms with van der Waals surface area (Å²) in [6.45, 7) is 15.3. The van der Waals surface area contributed by atoms with Crippen molar-refractivity contribution >= 4 is 5.78 Å². The van der Waals surface area contributed by atoms with Gasteiger partial charge >= 0.3 is 0 Å². The number of methoxy groups -OCH3 is 1. The van der Waals surface area contributed by atoms with Gasteiger partial charge in [-0.3, -0.25) is 4.79 Å². The monoisotopic (exact) mass is 320 g/mol. The van der Waals surface area contributed by atoms with E-state index < -0.39 is 5.60 Å². The van der Waals surface area contributed by atoms with E-state index in [2.05, 4.69) is 27.4 Å². The maximum absolute atomic E-state index is 12.0. The maximum atomic E-state index is 12.0. The summed E-state index contributed by atoms with van der Waals surface area (Å²) in [5, 5.41) is 0. The highest BCUT2D eigenvalue weighted by Crippen LogP contribution is 2.17. The number of carbonyl (C=O) groups is 1. The van der Waals surface area contributed by atoms with E-state index in [0.717, 1.165) is 12.8 Å². The van der Waals surface area contributed by atoms with Crippen molar-refractivity contribution in [3.8, 4) is 0 Å². The lowest BCUT2D eigenvalue weighted by Crippen LogP contribution is -2.33. The van der Waals surface area contributed by atoms with Crippen molar-refractivity contribution in [3.63, 3.8) is 0 Å². The lowest BCUT2D eigenvalue weighted by Gasteiger charge is -2.21. The van der Waals surface area contributed by atoms with Gasteiger partial charge in [-0.15, -0.1) is 6.58 Å². The summed E-state index contributed by atoms with van der Waals surface area (Å²) in [5.41, 5.74) is 1.24. The molecule has 0 aliphatic carbocycles. The molecular formula is C21H36O2. The third-order valence-corrected chi connectivity index (χ3v) is 3.31. The quantitative estimate of drug-likeness (QED) is 0.457. The smallest absolute Gasteiger partial charge is 0.194 e. The molecule has 0 saturated carbocycles. The Hall–Kier alpha value is -1.41. The SMILES string of the molecule is C=CC.CCCC.CCCc1ccc(C(=O)C(C)(C)OC)cc1. The van der Waals surface area contributed by atoms with Gasteiger partial charge in [-0.05, 0) is 32.8 Å². The van der Waals surface area contributed by atoms with Crippen molar-refractivity contribution in [2.45, 2.75) is 72.8 Å². The molecule has 0 amide bonds. The van der Waals surface area contributed by atoms with Gasteiger partial charge < -0.3 is 4.74 Å². The lowest BCUT2D eigenvalue weighted by atomic mass is 9.95. The summed E-state index contributed by atoms with van der Waals surface area (Å²) in [7, 11) is 1.56. The van der Waals surface area contributed by atoms with Crippen LogP contribution in [-0.2, 0) is 11.2 Å². The number of benzene rings is 1. The van der Waals surface area contributed by atoms with Crippen LogP contribution >= 0.6 is 0 Å². The Labute approximate surface area is 144 Å². The van der Waals surface area contributed by atoms with Crippen molar-refractivity contribution in [1.82, 2.24) is 0 Å². The number of aryl methyl sites for hydroxylation is 1. The van der Waals surface area contributed by atoms with Gasteiger partial charge in [-0.2, -0.15) is 0 Å². The van der Waals surface area contributed by atoms with Gasteiger partial charge in [0.2, 0.25) is 0 Å². The van der Waals surface area contributed by atoms with E-state index in [1.165, 1.54) is 18.4 Å². The molecule has 0 aliphatic heterocycles. The molecule has 2 heteroatoms. The Morgan fingerprint density at radius 2 is 1.52 bits per heavy atom. The first-order valence-electron chi connectivity index (χ1n) is 8.60. The molecule has 132 valence electrons. The molecule has 0 aliphatic rings. The molecule has 0 fully saturated rings. The first-order chi connectivity index (χ1) is 10.8. The fraction of sp³-hybridized carbons (Fsp3) is 0.571. The number of hydrogen-bond donors (Lipinski definition) is 0. The van der Waals surface area contributed by atoms with Gasteiger partial charge in [0.25, 0.3) is 0 Å². The zero-order valence-electron chi connectivity index (χ0n) is 16.2. The minimum absolute atomic E-state index is 0.0260. The Balaban J connectivity index is 0. The molecule has 0 aromatic heterocycles. The van der Waals surface area contributed by atoms with Gasteiger partial charge in [0.05, 0.1) is 0 Å². The van der Waals surface area contributed by atoms with Crippen LogP contribution < -0.4 is 0 Å². The second-order valence-corrected chi connectivity index (χ2v) is 5.90. The van der Waals surface area contributed by atoms with Crippen LogP contribution in [0.3, 0.4) is 0 Å². The van der Waals surface area contributed by atoms with Crippen molar-refractivity contribution in [1.29, 1.82) is 0 Å². The molecule has 0 atom stereocenters. The van der Waals surface area contributed by atoms with Gasteiger partial charge in [-0.25, -0.2) is 0 Å². The number of hydrogen-bond acceptors (Lipinski definition) is 2. The average Bonchev–Trinajstić information content (AvgIpc) is 2.56. The van der Waals surface area contributed by atoms with E-state index in [1.54, 1.807) is 27.0 Å². The second kappa shape index (κ2) is 14.2. The number of rotatable bonds is 6. The van der Waals surface area contributed by atoms with Crippen molar-refractivity contribution in [2.24, 2.45) is 0 Å². The largest absolute Gasteiger partial charge is 0.371 e. The summed E-state index contributed by atoms with van der Waals surface area (Å²) in [6.07, 6.45) is 6.57. The maximum Gasteiger partial charge on any atom is 0.194 e. The molecule has 23 heavy (non-hydrogen) atoms. The van der Waals surface area contributed by atoms with Crippen LogP contribution in [-0.4, -0.2) is 18.5 Å². The molecule has 2 nitrogen and oxygen atoms in total. The molecule has 1 aromatic carbocycles. The number of unbranched alkanes of at least 4 members (excludes halogenated alkanes) is 1. The van der Waals surface area contributed by atoms with E-state index in [4.69, 9.17) is 4.74 Å². The van der Waals surface area contributed by atoms with Gasteiger partial charge in [0, 0.05) is 12.7 Å². The van der Waals surface area contributed by atoms with Crippen LogP contribution in [0.2, 0.25) is 0 Å². The Morgan fingerprint density at radius 3 is 1.83 bits per heavy atom. The first-order valence-corrected chi connectivity index (χ1v) is 8.60. The van der Waals surface area contributed by atoms with E-state index >= 15 is 0 Å². The first kappa shape index (κ1) is 23.9. The molecule has 0 bridgehead atoms. The van der Waals surface area contributed by atoms with Crippen LogP contribution in [0.5, 0.6) is 0 Å². The van der Waals surface area contributed by atoms with Crippen LogP contribution in [0.15, 0.2) is 36.9 Å². The standard InChI is InChI=1S/C14H20O2.C4H10.C3H6/c1-5-6-11-7-9-12(10-8-11)13(15)14(2,3)16-4;1-3-4-2;1-3-2/h7-10H,5-6H2,1-4H3;3-4H2,1-2H3;3H,1H2,2H3. The number of allylic oxidation sites excluding steroid dienone is 1. The molecule has 1 rings (SSSR count). The van der Waals surface area contributed by atoms with Crippen LogP contribution in [0.25, 0.3) is 0 Å². The molecule has 0 saturated heterocycles. The molecule has 0 radical (unpaired) electrons. The van der Waals surface area contributed by atoms with Crippen molar-refractivity contribution in [3.05, 3.63) is 48.0 Å². The zero-order chi connectivity index (χ0) is 18.3. The lowest BCUT2D eigenvalue weighted by molar-refractivity contribution is 0.0228. The minimum atomic E-state index is -0.744. The zero-order valence-corrected chi connectivity index (χ0v) is 16.2. The topological polar surface area (TPSA) is 26.3 Å². The van der Waals surface area contributed by atoms with Crippen molar-refractivity contribution < 1.29 is 9.53 Å². The second-order valence-electron chi connectivity index (χ2n) is 5.90. The molecular weight excluding hydrogens is 284 g/mol. The highest BCUT2D eigenvalue weighted by atomic mass is 16.5. The summed E-state index contributed by atoms with van der Waals surface area (Å²) < 4.78 is 5.18. The average molecular weight is 321 g/mol. The molecule has 0 unspecified atom stereocenters. The molecule has 0 N–H and O–H groups in total. The molecule has 1 aromatic rings. The molecule has 0 heterocycles. The van der Waals surface area contributed by atoms with Gasteiger partial charge in [0.1, 0.15) is 5.60 Å². The third kappa shape index (κ3) is 10.9. The number of ketones is 1. The van der Waals surface area contributed by atoms with Crippen LogP contribution in [0, 0.1) is 0 Å². The highest BCUT2D eigenvalue weighted by Gasteiger charge is 2.27. The normalized spacial score (nSPS) is 9.87. The fourth-order valence-corrected chi connectivity index (χ4v) is 1.55. The summed E-state index contributed by atoms with van der Waals surface area (Å²) in [5.74, 6) is 0.0260. The highest BCUT2D eigenvalue weighted by molar-refractivity contribution is 6.01. The Morgan fingerprint density at radius 1 is 1.09 bits per heavy atom. The third-order valence-electron chi connectivity index (χ3n) is 3.31. The summed E-state index contributed by atoms with van der Waals surface area (Å²) in [6, 6.07) is 7.80. The number of carbonyl (C=O) groups excluding carboxylic acids is 1. The van der Waals surface area contributed by atoms with E-state index in [9.17, 15) is 4.79 Å². The number of ether oxygens (including phenoxy) is 1. The van der Waals surface area contributed by atoms with E-state index in [0.29, 0.717) is 5.56 Å². The van der Waals surface area contributed by atoms with E-state index in [-0.39, 0.29) is 5.78 Å². The van der Waals surface area contributed by atoms with Crippen LogP contribution in [0.1, 0.15) is 76.7 Å². The summed E-state index contributed by atoms with van der Waals surface area (Å²) in [4.78, 5) is 12.0. The minimum Gasteiger partial charge on any atom is -0.371 e. The van der Waals surface area contributed by atoms with E-state index in [1.807, 2.05) is 31.2 Å². The van der Waals surface area contributed by atoms with Crippen molar-refractivity contribution in [2.75, 3.05) is 7.11 Å². The summed E-state index contributed by atoms with van der Waals surface area (Å²) >= 11 is 0. The fourth-order valence-electron chi connectivity index (χ4n) is 1.55. The predicted octanol–water partition coefficient (Wildman–Crippen LogP) is 6.25. The number of Topliss-reactive ketones (excluding diaryl/α,β-unsaturated/α-hetero) is 1. The van der Waals surface area contributed by atoms with Crippen LogP contribution in [0.4, 0.5) is 0 Å². The van der Waals surface area contributed by atoms with Gasteiger partial charge in [-0.1, -0.05) is 70.4 Å². The Kier molecular flexibility index (Phi) is 14.7. The predicted molar refractivity (Wildman–Crippen MR) is 102 cm³/mol.